The zero-order valence-electron chi connectivity index (χ0n) is 17.7. The van der Waals surface area contributed by atoms with E-state index in [1.54, 1.807) is 6.20 Å². The van der Waals surface area contributed by atoms with E-state index in [-0.39, 0.29) is 23.3 Å². The number of carbonyl (C=O) groups is 1. The summed E-state index contributed by atoms with van der Waals surface area (Å²) < 4.78 is 3.05. The van der Waals surface area contributed by atoms with E-state index in [4.69, 9.17) is 0 Å². The molecule has 0 saturated carbocycles. The van der Waals surface area contributed by atoms with Crippen LogP contribution in [-0.2, 0) is 5.54 Å². The molecule has 0 saturated heterocycles. The number of anilines is 1. The summed E-state index contributed by atoms with van der Waals surface area (Å²) in [6, 6.07) is 18.8. The molecule has 1 N–H and O–H groups in total. The molecule has 1 aliphatic rings. The van der Waals surface area contributed by atoms with Gasteiger partial charge in [-0.15, -0.1) is 0 Å². The minimum absolute atomic E-state index is 0.135. The fourth-order valence-corrected chi connectivity index (χ4v) is 5.06. The van der Waals surface area contributed by atoms with E-state index in [0.29, 0.717) is 12.0 Å². The normalized spacial score (nSPS) is 18.3. The third kappa shape index (κ3) is 3.95. The number of carbonyl (C=O) groups excluding carboxylic acids is 1. The monoisotopic (exact) mass is 465 g/mol. The molecule has 30 heavy (non-hydrogen) atoms. The summed E-state index contributed by atoms with van der Waals surface area (Å²) in [7, 11) is 0. The fourth-order valence-electron chi connectivity index (χ4n) is 4.45. The average Bonchev–Trinajstić information content (AvgIpc) is 3.18. The fraction of sp³-hybridized carbons (Fsp3) is 0.360. The topological polar surface area (TPSA) is 46.9 Å². The van der Waals surface area contributed by atoms with Crippen molar-refractivity contribution in [3.63, 3.8) is 0 Å². The Balaban J connectivity index is 1.63. The highest BCUT2D eigenvalue weighted by molar-refractivity contribution is 9.10. The molecule has 2 atom stereocenters. The predicted molar refractivity (Wildman–Crippen MR) is 125 cm³/mol. The van der Waals surface area contributed by atoms with Gasteiger partial charge in [-0.1, -0.05) is 71.4 Å². The Labute approximate surface area is 186 Å². The molecule has 0 bridgehead atoms. The lowest BCUT2D eigenvalue weighted by molar-refractivity contribution is 0.0973. The summed E-state index contributed by atoms with van der Waals surface area (Å²) in [5.74, 6) is 1.15. The lowest BCUT2D eigenvalue weighted by atomic mass is 9.87. The van der Waals surface area contributed by atoms with Crippen LogP contribution in [0.1, 0.15) is 73.5 Å². The van der Waals surface area contributed by atoms with E-state index in [1.807, 2.05) is 28.9 Å². The largest absolute Gasteiger partial charge is 0.363 e. The number of ketones is 1. The zero-order valence-corrected chi connectivity index (χ0v) is 19.3. The van der Waals surface area contributed by atoms with Gasteiger partial charge in [0.15, 0.2) is 5.78 Å². The molecule has 4 rings (SSSR count). The molecule has 1 aromatic heterocycles. The molecule has 156 valence electrons. The molecule has 1 aliphatic heterocycles. The van der Waals surface area contributed by atoms with Crippen LogP contribution in [-0.4, -0.2) is 15.6 Å². The number of nitrogens with zero attached hydrogens (tertiary/aromatic N) is 2. The van der Waals surface area contributed by atoms with Gasteiger partial charge in [0.05, 0.1) is 23.3 Å². The van der Waals surface area contributed by atoms with Crippen molar-refractivity contribution in [2.45, 2.75) is 57.5 Å². The number of halogens is 1. The molecule has 2 aromatic carbocycles. The molecule has 2 heterocycles. The number of Topliss-reactive ketones (excluding diaryl/α,β-unsaturated/α-hetero) is 1. The second-order valence-corrected chi connectivity index (χ2v) is 9.55. The highest BCUT2D eigenvalue weighted by atomic mass is 79.9. The molecule has 2 unspecified atom stereocenters. The van der Waals surface area contributed by atoms with Crippen molar-refractivity contribution < 1.29 is 4.79 Å². The smallest absolute Gasteiger partial charge is 0.168 e. The van der Waals surface area contributed by atoms with E-state index in [0.717, 1.165) is 23.1 Å². The lowest BCUT2D eigenvalue weighted by Gasteiger charge is -2.38. The second kappa shape index (κ2) is 8.38. The van der Waals surface area contributed by atoms with E-state index in [1.165, 1.54) is 11.1 Å². The average molecular weight is 466 g/mol. The number of hydrogen-bond donors (Lipinski definition) is 1. The van der Waals surface area contributed by atoms with Gasteiger partial charge in [0.1, 0.15) is 5.82 Å². The summed E-state index contributed by atoms with van der Waals surface area (Å²) in [5.41, 5.74) is 2.93. The van der Waals surface area contributed by atoms with Crippen molar-refractivity contribution in [1.82, 2.24) is 9.78 Å². The van der Waals surface area contributed by atoms with Crippen LogP contribution in [0.15, 0.2) is 65.3 Å². The number of hydrogen-bond acceptors (Lipinski definition) is 3. The number of nitrogens with one attached hydrogen (secondary N) is 1. The van der Waals surface area contributed by atoms with Gasteiger partial charge in [0.25, 0.3) is 0 Å². The summed E-state index contributed by atoms with van der Waals surface area (Å²) in [5, 5.41) is 8.22. The summed E-state index contributed by atoms with van der Waals surface area (Å²) in [6.07, 6.45) is 4.03. The first-order chi connectivity index (χ1) is 14.4. The summed E-state index contributed by atoms with van der Waals surface area (Å²) in [6.45, 7) is 6.51. The molecule has 0 fully saturated rings. The second-order valence-electron chi connectivity index (χ2n) is 8.70. The molecule has 4 nitrogen and oxygen atoms in total. The Bertz CT molecular complexity index is 1040. The number of fused-ring (bicyclic) bond motifs is 1. The Morgan fingerprint density at radius 1 is 1.20 bits per heavy atom. The summed E-state index contributed by atoms with van der Waals surface area (Å²) >= 11 is 3.64. The Morgan fingerprint density at radius 2 is 1.90 bits per heavy atom. The quantitative estimate of drug-likeness (QED) is 0.411. The van der Waals surface area contributed by atoms with Crippen LogP contribution in [0.3, 0.4) is 0 Å². The van der Waals surface area contributed by atoms with Crippen LogP contribution in [0, 0.1) is 0 Å². The van der Waals surface area contributed by atoms with Gasteiger partial charge < -0.3 is 5.32 Å². The van der Waals surface area contributed by atoms with Gasteiger partial charge in [-0.25, -0.2) is 4.68 Å². The van der Waals surface area contributed by atoms with Crippen LogP contribution in [0.4, 0.5) is 5.82 Å². The van der Waals surface area contributed by atoms with Crippen LogP contribution in [0.5, 0.6) is 0 Å². The van der Waals surface area contributed by atoms with E-state index in [2.05, 4.69) is 77.4 Å². The van der Waals surface area contributed by atoms with Crippen LogP contribution in [0.2, 0.25) is 0 Å². The maximum atomic E-state index is 13.4. The molecule has 0 spiro atoms. The number of rotatable bonds is 6. The third-order valence-corrected chi connectivity index (χ3v) is 6.85. The standard InChI is InChI=1S/C25H28BrN3O/c1-4-17(19-12-8-9-13-21(19)26)14-23(30)20-16-27-29-24(20)28-22(15-25(29,2)3)18-10-6-5-7-11-18/h5-13,16-17,22,28H,4,14-15H2,1-3H3. The lowest BCUT2D eigenvalue weighted by Crippen LogP contribution is -2.38. The predicted octanol–water partition coefficient (Wildman–Crippen LogP) is 6.70. The van der Waals surface area contributed by atoms with E-state index >= 15 is 0 Å². The third-order valence-electron chi connectivity index (χ3n) is 6.13. The van der Waals surface area contributed by atoms with Gasteiger partial charge in [-0.3, -0.25) is 4.79 Å². The Morgan fingerprint density at radius 3 is 2.60 bits per heavy atom. The van der Waals surface area contributed by atoms with Crippen LogP contribution in [0.25, 0.3) is 0 Å². The first kappa shape index (κ1) is 20.9. The molecule has 0 radical (unpaired) electrons. The van der Waals surface area contributed by atoms with Gasteiger partial charge in [-0.2, -0.15) is 5.10 Å². The van der Waals surface area contributed by atoms with Crippen molar-refractivity contribution in [2.75, 3.05) is 5.32 Å². The minimum atomic E-state index is -0.174. The van der Waals surface area contributed by atoms with Crippen LogP contribution < -0.4 is 5.32 Å². The number of benzene rings is 2. The van der Waals surface area contributed by atoms with Crippen molar-refractivity contribution in [2.24, 2.45) is 0 Å². The summed E-state index contributed by atoms with van der Waals surface area (Å²) in [4.78, 5) is 13.4. The maximum absolute atomic E-state index is 13.4. The molecule has 0 amide bonds. The maximum Gasteiger partial charge on any atom is 0.168 e. The first-order valence-electron chi connectivity index (χ1n) is 10.6. The van der Waals surface area contributed by atoms with Gasteiger partial charge >= 0.3 is 0 Å². The van der Waals surface area contributed by atoms with Crippen LogP contribution >= 0.6 is 15.9 Å². The molecular formula is C25H28BrN3O. The SMILES string of the molecule is CCC(CC(=O)c1cnn2c1NC(c1ccccc1)CC2(C)C)c1ccccc1Br. The minimum Gasteiger partial charge on any atom is -0.363 e. The van der Waals surface area contributed by atoms with E-state index in [9.17, 15) is 4.79 Å². The molecule has 0 aliphatic carbocycles. The Hall–Kier alpha value is -2.40. The highest BCUT2D eigenvalue weighted by Crippen LogP contribution is 2.41. The Kier molecular flexibility index (Phi) is 5.83. The molecule has 3 aromatic rings. The first-order valence-corrected chi connectivity index (χ1v) is 11.4. The van der Waals surface area contributed by atoms with Crippen molar-refractivity contribution >= 4 is 27.5 Å². The van der Waals surface area contributed by atoms with E-state index < -0.39 is 0 Å². The molecular weight excluding hydrogens is 438 g/mol. The van der Waals surface area contributed by atoms with Crippen molar-refractivity contribution in [3.8, 4) is 0 Å². The van der Waals surface area contributed by atoms with Gasteiger partial charge in [0, 0.05) is 10.9 Å². The van der Waals surface area contributed by atoms with Gasteiger partial charge in [-0.05, 0) is 49.8 Å². The van der Waals surface area contributed by atoms with Crippen molar-refractivity contribution in [3.05, 3.63) is 82.0 Å². The van der Waals surface area contributed by atoms with Crippen molar-refractivity contribution in [1.29, 1.82) is 0 Å². The number of aromatic nitrogens is 2. The molecule has 5 heteroatoms. The zero-order chi connectivity index (χ0) is 21.3. The highest BCUT2D eigenvalue weighted by Gasteiger charge is 2.36. The van der Waals surface area contributed by atoms with Gasteiger partial charge in [0.2, 0.25) is 0 Å².